The van der Waals surface area contributed by atoms with Gasteiger partial charge in [0.15, 0.2) is 0 Å². The highest BCUT2D eigenvalue weighted by Gasteiger charge is 2.42. The highest BCUT2D eigenvalue weighted by molar-refractivity contribution is 4.95. The number of aliphatic hydroxyl groups is 1. The van der Waals surface area contributed by atoms with Gasteiger partial charge in [0, 0.05) is 31.9 Å². The first-order valence-corrected chi connectivity index (χ1v) is 7.41. The first-order chi connectivity index (χ1) is 8.83. The van der Waals surface area contributed by atoms with Crippen molar-refractivity contribution in [2.75, 3.05) is 33.0 Å². The fourth-order valence-electron chi connectivity index (χ4n) is 3.91. The lowest BCUT2D eigenvalue weighted by atomic mass is 9.83. The first-order valence-electron chi connectivity index (χ1n) is 7.41. The maximum atomic E-state index is 9.48. The van der Waals surface area contributed by atoms with E-state index in [0.29, 0.717) is 18.7 Å². The fourth-order valence-corrected chi connectivity index (χ4v) is 3.91. The molecule has 0 amide bonds. The zero-order valence-corrected chi connectivity index (χ0v) is 11.1. The van der Waals surface area contributed by atoms with E-state index in [1.54, 1.807) is 0 Å². The molecule has 3 heterocycles. The average Bonchev–Trinajstić information content (AvgIpc) is 2.88. The van der Waals surface area contributed by atoms with E-state index in [4.69, 9.17) is 9.47 Å². The van der Waals surface area contributed by atoms with Crippen molar-refractivity contribution in [3.63, 3.8) is 0 Å². The predicted octanol–water partition coefficient (Wildman–Crippen LogP) is 1.17. The molecular weight excluding hydrogens is 230 g/mol. The summed E-state index contributed by atoms with van der Waals surface area (Å²) in [6.45, 7) is 4.03. The number of ether oxygens (including phenoxy) is 2. The molecule has 3 aliphatic rings. The summed E-state index contributed by atoms with van der Waals surface area (Å²) in [7, 11) is 0. The van der Waals surface area contributed by atoms with Crippen LogP contribution in [-0.2, 0) is 9.47 Å². The molecule has 3 rings (SSSR count). The standard InChI is InChI=1S/C14H25NO3/c16-11-13-2-1-6-15(13)12-3-7-18-14(10-12)4-8-17-9-5-14/h12-13,16H,1-11H2/t12?,13-/m1/s1. The molecule has 1 N–H and O–H groups in total. The van der Waals surface area contributed by atoms with Crippen LogP contribution in [0.15, 0.2) is 0 Å². The number of nitrogens with zero attached hydrogens (tertiary/aromatic N) is 1. The highest BCUT2D eigenvalue weighted by atomic mass is 16.5. The summed E-state index contributed by atoms with van der Waals surface area (Å²) in [5.74, 6) is 0. The minimum Gasteiger partial charge on any atom is -0.395 e. The monoisotopic (exact) mass is 255 g/mol. The predicted molar refractivity (Wildman–Crippen MR) is 68.6 cm³/mol. The second-order valence-electron chi connectivity index (χ2n) is 6.01. The Bertz CT molecular complexity index is 273. The lowest BCUT2D eigenvalue weighted by Gasteiger charge is -2.46. The summed E-state index contributed by atoms with van der Waals surface area (Å²) >= 11 is 0. The number of hydrogen-bond donors (Lipinski definition) is 1. The van der Waals surface area contributed by atoms with Crippen molar-refractivity contribution in [2.24, 2.45) is 0 Å². The van der Waals surface area contributed by atoms with E-state index in [2.05, 4.69) is 4.90 Å². The fraction of sp³-hybridized carbons (Fsp3) is 1.00. The molecule has 3 aliphatic heterocycles. The largest absolute Gasteiger partial charge is 0.395 e. The van der Waals surface area contributed by atoms with Crippen molar-refractivity contribution in [3.8, 4) is 0 Å². The molecule has 1 unspecified atom stereocenters. The molecule has 0 saturated carbocycles. The highest BCUT2D eigenvalue weighted by Crippen LogP contribution is 2.37. The Kier molecular flexibility index (Phi) is 3.89. The van der Waals surface area contributed by atoms with Crippen LogP contribution in [0.2, 0.25) is 0 Å². The van der Waals surface area contributed by atoms with Crippen LogP contribution in [-0.4, -0.2) is 60.7 Å². The van der Waals surface area contributed by atoms with Crippen LogP contribution in [0.25, 0.3) is 0 Å². The Hall–Kier alpha value is -0.160. The molecule has 0 aromatic heterocycles. The van der Waals surface area contributed by atoms with Gasteiger partial charge in [-0.3, -0.25) is 4.90 Å². The molecule has 104 valence electrons. The van der Waals surface area contributed by atoms with Gasteiger partial charge in [0.1, 0.15) is 0 Å². The van der Waals surface area contributed by atoms with Gasteiger partial charge in [-0.05, 0) is 45.1 Å². The molecule has 0 aliphatic carbocycles. The van der Waals surface area contributed by atoms with Gasteiger partial charge in [0.2, 0.25) is 0 Å². The van der Waals surface area contributed by atoms with Crippen molar-refractivity contribution < 1.29 is 14.6 Å². The van der Waals surface area contributed by atoms with Crippen LogP contribution in [0.1, 0.15) is 38.5 Å². The van der Waals surface area contributed by atoms with Crippen LogP contribution in [0.5, 0.6) is 0 Å². The van der Waals surface area contributed by atoms with E-state index >= 15 is 0 Å². The van der Waals surface area contributed by atoms with Crippen LogP contribution in [0.3, 0.4) is 0 Å². The Labute approximate surface area is 109 Å². The van der Waals surface area contributed by atoms with E-state index in [9.17, 15) is 5.11 Å². The Morgan fingerprint density at radius 1 is 1.17 bits per heavy atom. The Morgan fingerprint density at radius 2 is 2.00 bits per heavy atom. The quantitative estimate of drug-likeness (QED) is 0.804. The van der Waals surface area contributed by atoms with E-state index in [0.717, 1.165) is 58.5 Å². The maximum absolute atomic E-state index is 9.48. The number of aliphatic hydroxyl groups excluding tert-OH is 1. The van der Waals surface area contributed by atoms with Crippen molar-refractivity contribution >= 4 is 0 Å². The summed E-state index contributed by atoms with van der Waals surface area (Å²) in [5.41, 5.74) is 0.0732. The number of rotatable bonds is 2. The lowest BCUT2D eigenvalue weighted by molar-refractivity contribution is -0.153. The summed E-state index contributed by atoms with van der Waals surface area (Å²) in [6, 6.07) is 1.00. The molecule has 2 atom stereocenters. The van der Waals surface area contributed by atoms with Crippen molar-refractivity contribution in [1.82, 2.24) is 4.90 Å². The Balaban J connectivity index is 1.66. The summed E-state index contributed by atoms with van der Waals surface area (Å²) in [5, 5.41) is 9.48. The zero-order valence-electron chi connectivity index (χ0n) is 11.1. The molecule has 4 nitrogen and oxygen atoms in total. The molecule has 4 heteroatoms. The third-order valence-corrected chi connectivity index (χ3v) is 4.97. The van der Waals surface area contributed by atoms with Gasteiger partial charge in [-0.2, -0.15) is 0 Å². The second-order valence-corrected chi connectivity index (χ2v) is 6.01. The zero-order chi connectivity index (χ0) is 12.4. The van der Waals surface area contributed by atoms with E-state index in [-0.39, 0.29) is 5.60 Å². The van der Waals surface area contributed by atoms with Crippen LogP contribution in [0, 0.1) is 0 Å². The SMILES string of the molecule is OC[C@H]1CCCN1C1CCOC2(CCOCC2)C1. The van der Waals surface area contributed by atoms with Gasteiger partial charge in [0.05, 0.1) is 12.2 Å². The summed E-state index contributed by atoms with van der Waals surface area (Å²) < 4.78 is 11.6. The van der Waals surface area contributed by atoms with Crippen molar-refractivity contribution in [3.05, 3.63) is 0 Å². The molecule has 3 fully saturated rings. The molecule has 3 saturated heterocycles. The first kappa shape index (κ1) is 12.9. The lowest BCUT2D eigenvalue weighted by Crippen LogP contribution is -2.52. The van der Waals surface area contributed by atoms with E-state index < -0.39 is 0 Å². The van der Waals surface area contributed by atoms with Crippen molar-refractivity contribution in [2.45, 2.75) is 56.2 Å². The topological polar surface area (TPSA) is 41.9 Å². The van der Waals surface area contributed by atoms with Crippen LogP contribution in [0.4, 0.5) is 0 Å². The number of hydrogen-bond acceptors (Lipinski definition) is 4. The van der Waals surface area contributed by atoms with Crippen LogP contribution >= 0.6 is 0 Å². The molecule has 0 bridgehead atoms. The van der Waals surface area contributed by atoms with E-state index in [1.165, 1.54) is 6.42 Å². The third-order valence-electron chi connectivity index (χ3n) is 4.97. The van der Waals surface area contributed by atoms with Gasteiger partial charge < -0.3 is 14.6 Å². The average molecular weight is 255 g/mol. The molecular formula is C14H25NO3. The molecule has 1 spiro atoms. The van der Waals surface area contributed by atoms with Gasteiger partial charge in [0.25, 0.3) is 0 Å². The molecule has 18 heavy (non-hydrogen) atoms. The second kappa shape index (κ2) is 5.45. The Morgan fingerprint density at radius 3 is 2.78 bits per heavy atom. The summed E-state index contributed by atoms with van der Waals surface area (Å²) in [4.78, 5) is 2.54. The van der Waals surface area contributed by atoms with Gasteiger partial charge in [-0.25, -0.2) is 0 Å². The number of likely N-dealkylation sites (tertiary alicyclic amines) is 1. The summed E-state index contributed by atoms with van der Waals surface area (Å²) in [6.07, 6.45) is 6.73. The molecule has 0 aromatic rings. The third kappa shape index (κ3) is 2.44. The van der Waals surface area contributed by atoms with Crippen molar-refractivity contribution in [1.29, 1.82) is 0 Å². The minimum atomic E-state index is 0.0732. The molecule has 0 radical (unpaired) electrons. The van der Waals surface area contributed by atoms with Crippen LogP contribution < -0.4 is 0 Å². The van der Waals surface area contributed by atoms with E-state index in [1.807, 2.05) is 0 Å². The molecule has 0 aromatic carbocycles. The smallest absolute Gasteiger partial charge is 0.0741 e. The maximum Gasteiger partial charge on any atom is 0.0741 e. The van der Waals surface area contributed by atoms with Gasteiger partial charge >= 0.3 is 0 Å². The van der Waals surface area contributed by atoms with Gasteiger partial charge in [-0.1, -0.05) is 0 Å². The minimum absolute atomic E-state index is 0.0732. The normalized spacial score (nSPS) is 37.2. The van der Waals surface area contributed by atoms with Gasteiger partial charge in [-0.15, -0.1) is 0 Å².